The minimum absolute atomic E-state index is 0.122. The Morgan fingerprint density at radius 1 is 1.25 bits per heavy atom. The molecule has 132 valence electrons. The first-order valence-electron chi connectivity index (χ1n) is 8.28. The van der Waals surface area contributed by atoms with Crippen molar-refractivity contribution in [1.29, 1.82) is 0 Å². The predicted octanol–water partition coefficient (Wildman–Crippen LogP) is 3.85. The van der Waals surface area contributed by atoms with E-state index < -0.39 is 17.7 Å². The molecular weight excluding hydrogens is 372 g/mol. The van der Waals surface area contributed by atoms with Crippen LogP contribution in [-0.4, -0.2) is 35.1 Å². The van der Waals surface area contributed by atoms with E-state index in [9.17, 15) is 9.59 Å². The number of benzene rings is 1. The van der Waals surface area contributed by atoms with E-state index in [0.717, 1.165) is 22.9 Å². The van der Waals surface area contributed by atoms with E-state index >= 15 is 0 Å². The average Bonchev–Trinajstić information content (AvgIpc) is 2.52. The predicted molar refractivity (Wildman–Crippen MR) is 96.6 cm³/mol. The first-order valence-corrected chi connectivity index (χ1v) is 9.07. The van der Waals surface area contributed by atoms with Crippen LogP contribution in [0.15, 0.2) is 28.7 Å². The summed E-state index contributed by atoms with van der Waals surface area (Å²) in [5, 5.41) is 2.93. The third-order valence-corrected chi connectivity index (χ3v) is 4.34. The molecule has 1 fully saturated rings. The number of nitrogens with one attached hydrogen (secondary N) is 1. The highest BCUT2D eigenvalue weighted by Gasteiger charge is 2.34. The van der Waals surface area contributed by atoms with Crippen LogP contribution in [0.5, 0.6) is 0 Å². The maximum absolute atomic E-state index is 12.5. The van der Waals surface area contributed by atoms with Gasteiger partial charge in [-0.1, -0.05) is 28.1 Å². The number of carbonyl (C=O) groups is 2. The Hall–Kier alpha value is -1.56. The number of likely N-dealkylation sites (tertiary alicyclic amines) is 1. The fourth-order valence-electron chi connectivity index (χ4n) is 2.65. The van der Waals surface area contributed by atoms with Gasteiger partial charge in [0.2, 0.25) is 5.91 Å². The summed E-state index contributed by atoms with van der Waals surface area (Å²) in [5.41, 5.74) is 0.457. The van der Waals surface area contributed by atoms with Crippen molar-refractivity contribution < 1.29 is 14.3 Å². The third kappa shape index (κ3) is 5.51. The SMILES string of the molecule is CC(C)(C)OC(=O)N1CCCCC1C(=O)NCc1ccc(Br)cc1. The highest BCUT2D eigenvalue weighted by Crippen LogP contribution is 2.21. The van der Waals surface area contributed by atoms with Gasteiger partial charge in [0.25, 0.3) is 0 Å². The fraction of sp³-hybridized carbons (Fsp3) is 0.556. The molecule has 1 aromatic carbocycles. The summed E-state index contributed by atoms with van der Waals surface area (Å²) in [7, 11) is 0. The van der Waals surface area contributed by atoms with Gasteiger partial charge in [-0.25, -0.2) is 4.79 Å². The van der Waals surface area contributed by atoms with Gasteiger partial charge in [0, 0.05) is 17.6 Å². The maximum Gasteiger partial charge on any atom is 0.410 e. The summed E-state index contributed by atoms with van der Waals surface area (Å²) in [4.78, 5) is 26.5. The zero-order valence-electron chi connectivity index (χ0n) is 14.5. The zero-order valence-corrected chi connectivity index (χ0v) is 16.1. The van der Waals surface area contributed by atoms with Crippen molar-refractivity contribution in [3.8, 4) is 0 Å². The van der Waals surface area contributed by atoms with Crippen molar-refractivity contribution >= 4 is 27.9 Å². The summed E-state index contributed by atoms with van der Waals surface area (Å²) in [6.45, 7) is 6.50. The lowest BCUT2D eigenvalue weighted by Gasteiger charge is -2.35. The highest BCUT2D eigenvalue weighted by molar-refractivity contribution is 9.10. The van der Waals surface area contributed by atoms with Gasteiger partial charge < -0.3 is 10.1 Å². The smallest absolute Gasteiger partial charge is 0.410 e. The fourth-order valence-corrected chi connectivity index (χ4v) is 2.92. The monoisotopic (exact) mass is 396 g/mol. The molecule has 0 aliphatic carbocycles. The number of carbonyl (C=O) groups excluding carboxylic acids is 2. The molecule has 2 amide bonds. The second-order valence-corrected chi connectivity index (χ2v) is 7.95. The Morgan fingerprint density at radius 2 is 1.92 bits per heavy atom. The van der Waals surface area contributed by atoms with E-state index in [1.54, 1.807) is 4.90 Å². The van der Waals surface area contributed by atoms with E-state index in [2.05, 4.69) is 21.2 Å². The lowest BCUT2D eigenvalue weighted by atomic mass is 10.0. The lowest BCUT2D eigenvalue weighted by Crippen LogP contribution is -2.52. The van der Waals surface area contributed by atoms with Gasteiger partial charge in [-0.3, -0.25) is 9.69 Å². The van der Waals surface area contributed by atoms with E-state index in [0.29, 0.717) is 19.5 Å². The van der Waals surface area contributed by atoms with Crippen molar-refractivity contribution in [2.75, 3.05) is 6.54 Å². The molecule has 0 radical (unpaired) electrons. The molecule has 0 bridgehead atoms. The molecule has 1 aromatic rings. The minimum atomic E-state index is -0.563. The first kappa shape index (κ1) is 18.8. The summed E-state index contributed by atoms with van der Waals surface area (Å²) in [6.07, 6.45) is 2.10. The van der Waals surface area contributed by atoms with Gasteiger partial charge in [0.15, 0.2) is 0 Å². The Kier molecular flexibility index (Phi) is 6.27. The van der Waals surface area contributed by atoms with Gasteiger partial charge in [0.05, 0.1) is 0 Å². The van der Waals surface area contributed by atoms with Crippen LogP contribution in [0.1, 0.15) is 45.6 Å². The second kappa shape index (κ2) is 8.01. The number of halogens is 1. The Bertz CT molecular complexity index is 581. The minimum Gasteiger partial charge on any atom is -0.444 e. The zero-order chi connectivity index (χ0) is 17.7. The number of piperidine rings is 1. The summed E-state index contributed by atoms with van der Waals surface area (Å²) < 4.78 is 6.44. The van der Waals surface area contributed by atoms with E-state index in [-0.39, 0.29) is 5.91 Å². The molecule has 1 atom stereocenters. The molecular formula is C18H25BrN2O3. The Balaban J connectivity index is 1.97. The van der Waals surface area contributed by atoms with Crippen LogP contribution in [0.3, 0.4) is 0 Å². The molecule has 24 heavy (non-hydrogen) atoms. The van der Waals surface area contributed by atoms with Crippen LogP contribution in [0.2, 0.25) is 0 Å². The normalized spacial score (nSPS) is 18.2. The molecule has 1 saturated heterocycles. The van der Waals surface area contributed by atoms with Crippen molar-refractivity contribution in [3.63, 3.8) is 0 Å². The summed E-state index contributed by atoms with van der Waals surface area (Å²) >= 11 is 3.39. The molecule has 1 aliphatic rings. The molecule has 1 heterocycles. The number of hydrogen-bond acceptors (Lipinski definition) is 3. The third-order valence-electron chi connectivity index (χ3n) is 3.81. The number of hydrogen-bond donors (Lipinski definition) is 1. The molecule has 0 saturated carbocycles. The van der Waals surface area contributed by atoms with Crippen molar-refractivity contribution in [2.45, 2.75) is 58.2 Å². The van der Waals surface area contributed by atoms with Crippen LogP contribution in [-0.2, 0) is 16.1 Å². The van der Waals surface area contributed by atoms with Gasteiger partial charge in [-0.2, -0.15) is 0 Å². The standard InChI is InChI=1S/C18H25BrN2O3/c1-18(2,3)24-17(23)21-11-5-4-6-15(21)16(22)20-12-13-7-9-14(19)10-8-13/h7-10,15H,4-6,11-12H2,1-3H3,(H,20,22). The van der Waals surface area contributed by atoms with E-state index in [1.807, 2.05) is 45.0 Å². The molecule has 1 unspecified atom stereocenters. The summed E-state index contributed by atoms with van der Waals surface area (Å²) in [5.74, 6) is -0.122. The number of nitrogens with zero attached hydrogens (tertiary/aromatic N) is 1. The number of ether oxygens (including phenoxy) is 1. The van der Waals surface area contributed by atoms with Crippen LogP contribution in [0.25, 0.3) is 0 Å². The molecule has 1 aliphatic heterocycles. The van der Waals surface area contributed by atoms with Crippen LogP contribution < -0.4 is 5.32 Å². The van der Waals surface area contributed by atoms with Gasteiger partial charge in [-0.05, 0) is 57.7 Å². The quantitative estimate of drug-likeness (QED) is 0.843. The molecule has 2 rings (SSSR count). The second-order valence-electron chi connectivity index (χ2n) is 7.03. The topological polar surface area (TPSA) is 58.6 Å². The molecule has 1 N–H and O–H groups in total. The lowest BCUT2D eigenvalue weighted by molar-refractivity contribution is -0.127. The molecule has 0 aromatic heterocycles. The van der Waals surface area contributed by atoms with Gasteiger partial charge >= 0.3 is 6.09 Å². The van der Waals surface area contributed by atoms with Crippen LogP contribution in [0, 0.1) is 0 Å². The first-order chi connectivity index (χ1) is 11.3. The average molecular weight is 397 g/mol. The molecule has 0 spiro atoms. The Morgan fingerprint density at radius 3 is 2.54 bits per heavy atom. The van der Waals surface area contributed by atoms with Crippen molar-refractivity contribution in [3.05, 3.63) is 34.3 Å². The van der Waals surface area contributed by atoms with Crippen molar-refractivity contribution in [1.82, 2.24) is 10.2 Å². The maximum atomic E-state index is 12.5. The highest BCUT2D eigenvalue weighted by atomic mass is 79.9. The molecule has 6 heteroatoms. The number of rotatable bonds is 3. The van der Waals surface area contributed by atoms with Gasteiger partial charge in [-0.15, -0.1) is 0 Å². The van der Waals surface area contributed by atoms with Gasteiger partial charge in [0.1, 0.15) is 11.6 Å². The largest absolute Gasteiger partial charge is 0.444 e. The molecule has 5 nitrogen and oxygen atoms in total. The summed E-state index contributed by atoms with van der Waals surface area (Å²) in [6, 6.07) is 7.34. The van der Waals surface area contributed by atoms with E-state index in [1.165, 1.54) is 0 Å². The van der Waals surface area contributed by atoms with Crippen LogP contribution >= 0.6 is 15.9 Å². The van der Waals surface area contributed by atoms with Crippen molar-refractivity contribution in [2.24, 2.45) is 0 Å². The van der Waals surface area contributed by atoms with Crippen LogP contribution in [0.4, 0.5) is 4.79 Å². The Labute approximate surface area is 151 Å². The van der Waals surface area contributed by atoms with E-state index in [4.69, 9.17) is 4.74 Å². The number of amides is 2.